The molecule has 0 bridgehead atoms. The molecule has 3 aromatic heterocycles. The second-order valence-corrected chi connectivity index (χ2v) is 6.34. The van der Waals surface area contributed by atoms with E-state index in [1.807, 2.05) is 41.3 Å². The van der Waals surface area contributed by atoms with E-state index >= 15 is 4.39 Å². The van der Waals surface area contributed by atoms with Crippen LogP contribution in [0.25, 0.3) is 16.9 Å². The molecule has 26 heavy (non-hydrogen) atoms. The molecule has 4 aromatic rings. The first-order chi connectivity index (χ1) is 12.7. The average molecular weight is 350 g/mol. The van der Waals surface area contributed by atoms with Gasteiger partial charge in [0, 0.05) is 30.9 Å². The van der Waals surface area contributed by atoms with E-state index in [-0.39, 0.29) is 18.9 Å². The van der Waals surface area contributed by atoms with Gasteiger partial charge in [0.15, 0.2) is 5.82 Å². The highest BCUT2D eigenvalue weighted by Gasteiger charge is 2.45. The minimum Gasteiger partial charge on any atom is -0.351 e. The summed E-state index contributed by atoms with van der Waals surface area (Å²) in [5.41, 5.74) is -0.0620. The first-order valence-corrected chi connectivity index (χ1v) is 8.35. The summed E-state index contributed by atoms with van der Waals surface area (Å²) in [6, 6.07) is 11.3. The molecular weight excluding hydrogens is 335 g/mol. The molecule has 8 heteroatoms. The molecule has 0 saturated carbocycles. The monoisotopic (exact) mass is 350 g/mol. The Morgan fingerprint density at radius 3 is 2.88 bits per heavy atom. The van der Waals surface area contributed by atoms with E-state index < -0.39 is 5.67 Å². The summed E-state index contributed by atoms with van der Waals surface area (Å²) in [6.07, 6.45) is 5.39. The van der Waals surface area contributed by atoms with Crippen molar-refractivity contribution < 1.29 is 8.91 Å². The summed E-state index contributed by atoms with van der Waals surface area (Å²) in [4.78, 5) is 10.6. The molecule has 1 aliphatic heterocycles. The number of aromatic nitrogens is 5. The molecule has 4 heterocycles. The Morgan fingerprint density at radius 2 is 2.00 bits per heavy atom. The molecule has 0 radical (unpaired) electrons. The minimum absolute atomic E-state index is 0.0133. The summed E-state index contributed by atoms with van der Waals surface area (Å²) in [5.74, 6) is 1.11. The fourth-order valence-electron chi connectivity index (χ4n) is 3.33. The number of hydrogen-bond acceptors (Lipinski definition) is 6. The number of rotatable bonds is 3. The molecule has 1 aromatic carbocycles. The molecule has 7 nitrogen and oxygen atoms in total. The van der Waals surface area contributed by atoms with Crippen LogP contribution >= 0.6 is 0 Å². The zero-order chi connectivity index (χ0) is 17.6. The van der Waals surface area contributed by atoms with Crippen LogP contribution in [0.15, 0.2) is 59.5 Å². The molecule has 1 aliphatic rings. The number of hydrogen-bond donors (Lipinski definition) is 0. The second kappa shape index (κ2) is 5.62. The summed E-state index contributed by atoms with van der Waals surface area (Å²) in [6.45, 7) is 0.624. The fourth-order valence-corrected chi connectivity index (χ4v) is 3.33. The van der Waals surface area contributed by atoms with Crippen molar-refractivity contribution in [3.05, 3.63) is 60.9 Å². The number of halogens is 1. The molecule has 0 amide bonds. The molecule has 5 rings (SSSR count). The van der Waals surface area contributed by atoms with Gasteiger partial charge in [-0.15, -0.1) is 0 Å². The normalized spacial score (nSPS) is 20.1. The average Bonchev–Trinajstić information content (AvgIpc) is 3.41. The van der Waals surface area contributed by atoms with Crippen LogP contribution in [-0.4, -0.2) is 37.8 Å². The zero-order valence-corrected chi connectivity index (χ0v) is 13.8. The van der Waals surface area contributed by atoms with Gasteiger partial charge in [-0.05, 0) is 6.07 Å². The highest BCUT2D eigenvalue weighted by Crippen LogP contribution is 2.38. The van der Waals surface area contributed by atoms with Gasteiger partial charge in [0.25, 0.3) is 5.89 Å². The Kier molecular flexibility index (Phi) is 3.24. The van der Waals surface area contributed by atoms with Crippen molar-refractivity contribution >= 4 is 11.3 Å². The third-order valence-electron chi connectivity index (χ3n) is 4.66. The van der Waals surface area contributed by atoms with Crippen LogP contribution < -0.4 is 4.90 Å². The van der Waals surface area contributed by atoms with Gasteiger partial charge < -0.3 is 9.42 Å². The first-order valence-electron chi connectivity index (χ1n) is 8.35. The van der Waals surface area contributed by atoms with E-state index in [1.165, 1.54) is 0 Å². The van der Waals surface area contributed by atoms with Crippen LogP contribution in [0.3, 0.4) is 0 Å². The lowest BCUT2D eigenvalue weighted by Crippen LogP contribution is -2.28. The molecule has 130 valence electrons. The third-order valence-corrected chi connectivity index (χ3v) is 4.66. The lowest BCUT2D eigenvalue weighted by molar-refractivity contribution is 0.136. The second-order valence-electron chi connectivity index (χ2n) is 6.34. The molecule has 1 saturated heterocycles. The summed E-state index contributed by atoms with van der Waals surface area (Å²) in [5, 5.41) is 8.14. The van der Waals surface area contributed by atoms with Crippen molar-refractivity contribution in [1.82, 2.24) is 24.7 Å². The van der Waals surface area contributed by atoms with Crippen LogP contribution in [0.5, 0.6) is 0 Å². The van der Waals surface area contributed by atoms with E-state index in [9.17, 15) is 0 Å². The smallest absolute Gasteiger partial charge is 0.266 e. The van der Waals surface area contributed by atoms with E-state index in [0.717, 1.165) is 11.1 Å². The van der Waals surface area contributed by atoms with Gasteiger partial charge >= 0.3 is 0 Å². The fraction of sp³-hybridized carbons (Fsp3) is 0.222. The van der Waals surface area contributed by atoms with Gasteiger partial charge in [0.1, 0.15) is 5.52 Å². The van der Waals surface area contributed by atoms with Crippen molar-refractivity contribution in [1.29, 1.82) is 0 Å². The number of anilines is 1. The highest BCUT2D eigenvalue weighted by atomic mass is 19.1. The predicted octanol–water partition coefficient (Wildman–Crippen LogP) is 2.85. The van der Waals surface area contributed by atoms with E-state index in [4.69, 9.17) is 4.52 Å². The van der Waals surface area contributed by atoms with Crippen molar-refractivity contribution in [2.45, 2.75) is 12.1 Å². The van der Waals surface area contributed by atoms with Gasteiger partial charge in [-0.1, -0.05) is 35.5 Å². The predicted molar refractivity (Wildman–Crippen MR) is 92.3 cm³/mol. The lowest BCUT2D eigenvalue weighted by Gasteiger charge is -2.19. The molecule has 0 spiro atoms. The highest BCUT2D eigenvalue weighted by molar-refractivity contribution is 5.68. The molecule has 1 atom stereocenters. The third kappa shape index (κ3) is 2.33. The van der Waals surface area contributed by atoms with E-state index in [1.54, 1.807) is 23.1 Å². The van der Waals surface area contributed by atoms with Crippen LogP contribution in [0, 0.1) is 0 Å². The zero-order valence-electron chi connectivity index (χ0n) is 13.8. The van der Waals surface area contributed by atoms with E-state index in [2.05, 4.69) is 20.2 Å². The number of alkyl halides is 1. The first kappa shape index (κ1) is 15.0. The topological polar surface area (TPSA) is 72.4 Å². The Bertz CT molecular complexity index is 1060. The molecular formula is C18H15FN6O. The Hall–Kier alpha value is -3.29. The number of benzene rings is 1. The maximum absolute atomic E-state index is 15.5. The van der Waals surface area contributed by atoms with Crippen LogP contribution in [0.2, 0.25) is 0 Å². The van der Waals surface area contributed by atoms with Crippen molar-refractivity contribution in [3.8, 4) is 11.4 Å². The maximum Gasteiger partial charge on any atom is 0.266 e. The summed E-state index contributed by atoms with van der Waals surface area (Å²) in [7, 11) is 0. The SMILES string of the molecule is FC1(c2nc(-c3ccccc3)no2)CCN(c2nccn3nccc23)C1. The Morgan fingerprint density at radius 1 is 1.12 bits per heavy atom. The lowest BCUT2D eigenvalue weighted by atomic mass is 10.1. The molecule has 1 unspecified atom stereocenters. The van der Waals surface area contributed by atoms with Crippen molar-refractivity contribution in [2.75, 3.05) is 18.0 Å². The van der Waals surface area contributed by atoms with Gasteiger partial charge in [-0.3, -0.25) is 0 Å². The quantitative estimate of drug-likeness (QED) is 0.566. The van der Waals surface area contributed by atoms with Crippen LogP contribution in [0.4, 0.5) is 10.2 Å². The van der Waals surface area contributed by atoms with Gasteiger partial charge in [0.2, 0.25) is 11.5 Å². The van der Waals surface area contributed by atoms with E-state index in [0.29, 0.717) is 18.2 Å². The van der Waals surface area contributed by atoms with Gasteiger partial charge in [0.05, 0.1) is 12.7 Å². The Balaban J connectivity index is 1.44. The molecule has 1 fully saturated rings. The van der Waals surface area contributed by atoms with Gasteiger partial charge in [-0.2, -0.15) is 10.1 Å². The summed E-state index contributed by atoms with van der Waals surface area (Å²) >= 11 is 0. The number of nitrogens with zero attached hydrogens (tertiary/aromatic N) is 6. The minimum atomic E-state index is -1.70. The van der Waals surface area contributed by atoms with Crippen molar-refractivity contribution in [2.24, 2.45) is 0 Å². The van der Waals surface area contributed by atoms with Crippen molar-refractivity contribution in [3.63, 3.8) is 0 Å². The maximum atomic E-state index is 15.5. The molecule has 0 N–H and O–H groups in total. The van der Waals surface area contributed by atoms with Gasteiger partial charge in [-0.25, -0.2) is 13.9 Å². The van der Waals surface area contributed by atoms with Crippen LogP contribution in [-0.2, 0) is 5.67 Å². The standard InChI is InChI=1S/C18H15FN6O/c19-18(17-22-15(23-26-17)13-4-2-1-3-5-13)7-10-24(12-18)16-14-6-8-21-25(14)11-9-20-16/h1-6,8-9,11H,7,10,12H2. The largest absolute Gasteiger partial charge is 0.351 e. The molecule has 0 aliphatic carbocycles. The number of fused-ring (bicyclic) bond motifs is 1. The Labute approximate surface area is 148 Å². The van der Waals surface area contributed by atoms with Crippen LogP contribution in [0.1, 0.15) is 12.3 Å². The summed E-state index contributed by atoms with van der Waals surface area (Å²) < 4.78 is 22.5.